The van der Waals surface area contributed by atoms with E-state index < -0.39 is 0 Å². The molecule has 5 nitrogen and oxygen atoms in total. The highest BCUT2D eigenvalue weighted by molar-refractivity contribution is 7.09. The van der Waals surface area contributed by atoms with Crippen molar-refractivity contribution in [3.8, 4) is 0 Å². The SMILES string of the molecule is COC(=O)CCCN(C)c1nc(C)ns1. The van der Waals surface area contributed by atoms with Gasteiger partial charge in [0.2, 0.25) is 5.13 Å². The average Bonchev–Trinajstić information content (AvgIpc) is 2.64. The number of methoxy groups -OCH3 is 1. The van der Waals surface area contributed by atoms with Crippen molar-refractivity contribution in [2.24, 2.45) is 0 Å². The van der Waals surface area contributed by atoms with E-state index in [4.69, 9.17) is 0 Å². The number of anilines is 1. The van der Waals surface area contributed by atoms with Gasteiger partial charge < -0.3 is 9.64 Å². The summed E-state index contributed by atoms with van der Waals surface area (Å²) < 4.78 is 8.65. The van der Waals surface area contributed by atoms with Crippen LogP contribution < -0.4 is 4.90 Å². The molecule has 0 bridgehead atoms. The molecule has 0 spiro atoms. The zero-order chi connectivity index (χ0) is 11.3. The lowest BCUT2D eigenvalue weighted by atomic mass is 10.3. The molecule has 0 atom stereocenters. The predicted octanol–water partition coefficient (Wildman–Crippen LogP) is 1.24. The van der Waals surface area contributed by atoms with E-state index in [0.717, 1.165) is 23.9 Å². The lowest BCUT2D eigenvalue weighted by Gasteiger charge is -2.13. The number of carbonyl (C=O) groups is 1. The Morgan fingerprint density at radius 2 is 2.33 bits per heavy atom. The summed E-state index contributed by atoms with van der Waals surface area (Å²) in [6.07, 6.45) is 1.21. The van der Waals surface area contributed by atoms with Crippen LogP contribution in [-0.2, 0) is 9.53 Å². The molecule has 0 aliphatic carbocycles. The van der Waals surface area contributed by atoms with Gasteiger partial charge in [-0.2, -0.15) is 4.37 Å². The first-order valence-corrected chi connectivity index (χ1v) is 5.49. The summed E-state index contributed by atoms with van der Waals surface area (Å²) in [6.45, 7) is 2.64. The lowest BCUT2D eigenvalue weighted by molar-refractivity contribution is -0.140. The van der Waals surface area contributed by atoms with Gasteiger partial charge in [-0.3, -0.25) is 4.79 Å². The average molecular weight is 229 g/mol. The molecule has 1 aromatic heterocycles. The van der Waals surface area contributed by atoms with Crippen molar-refractivity contribution in [3.05, 3.63) is 5.82 Å². The molecule has 6 heteroatoms. The number of nitrogens with zero attached hydrogens (tertiary/aromatic N) is 3. The van der Waals surface area contributed by atoms with E-state index in [-0.39, 0.29) is 5.97 Å². The van der Waals surface area contributed by atoms with Gasteiger partial charge in [0.05, 0.1) is 7.11 Å². The highest BCUT2D eigenvalue weighted by Gasteiger charge is 2.07. The molecule has 84 valence electrons. The zero-order valence-electron chi connectivity index (χ0n) is 9.19. The first kappa shape index (κ1) is 11.9. The van der Waals surface area contributed by atoms with E-state index >= 15 is 0 Å². The second-order valence-corrected chi connectivity index (χ2v) is 3.96. The molecule has 0 saturated carbocycles. The fraction of sp³-hybridized carbons (Fsp3) is 0.667. The Balaban J connectivity index is 2.30. The van der Waals surface area contributed by atoms with E-state index in [1.54, 1.807) is 0 Å². The second kappa shape index (κ2) is 5.65. The second-order valence-electron chi connectivity index (χ2n) is 3.23. The minimum Gasteiger partial charge on any atom is -0.469 e. The van der Waals surface area contributed by atoms with Crippen LogP contribution in [0.5, 0.6) is 0 Å². The first-order valence-electron chi connectivity index (χ1n) is 4.71. The van der Waals surface area contributed by atoms with E-state index in [1.807, 2.05) is 18.9 Å². The Morgan fingerprint density at radius 1 is 1.60 bits per heavy atom. The molecular weight excluding hydrogens is 214 g/mol. The molecule has 1 aromatic rings. The van der Waals surface area contributed by atoms with E-state index in [9.17, 15) is 4.79 Å². The van der Waals surface area contributed by atoms with Crippen molar-refractivity contribution in [1.82, 2.24) is 9.36 Å². The largest absolute Gasteiger partial charge is 0.469 e. The van der Waals surface area contributed by atoms with Gasteiger partial charge in [-0.1, -0.05) is 0 Å². The van der Waals surface area contributed by atoms with Crippen molar-refractivity contribution in [1.29, 1.82) is 0 Å². The molecule has 0 amide bonds. The van der Waals surface area contributed by atoms with Gasteiger partial charge in [-0.05, 0) is 13.3 Å². The number of hydrogen-bond donors (Lipinski definition) is 0. The molecule has 0 radical (unpaired) electrons. The third-order valence-electron chi connectivity index (χ3n) is 1.95. The van der Waals surface area contributed by atoms with Crippen LogP contribution in [0.25, 0.3) is 0 Å². The molecule has 1 heterocycles. The smallest absolute Gasteiger partial charge is 0.305 e. The van der Waals surface area contributed by atoms with Crippen LogP contribution in [0.1, 0.15) is 18.7 Å². The lowest BCUT2D eigenvalue weighted by Crippen LogP contribution is -2.19. The number of esters is 1. The summed E-state index contributed by atoms with van der Waals surface area (Å²) in [5.74, 6) is 0.617. The minimum absolute atomic E-state index is 0.170. The highest BCUT2D eigenvalue weighted by Crippen LogP contribution is 2.15. The maximum Gasteiger partial charge on any atom is 0.305 e. The molecule has 15 heavy (non-hydrogen) atoms. The Bertz CT molecular complexity index is 327. The van der Waals surface area contributed by atoms with Crippen molar-refractivity contribution >= 4 is 22.6 Å². The Morgan fingerprint density at radius 3 is 2.87 bits per heavy atom. The Kier molecular flexibility index (Phi) is 4.48. The third-order valence-corrected chi connectivity index (χ3v) is 2.87. The van der Waals surface area contributed by atoms with Gasteiger partial charge in [0.1, 0.15) is 5.82 Å². The van der Waals surface area contributed by atoms with Crippen LogP contribution in [0.2, 0.25) is 0 Å². The molecule has 0 N–H and O–H groups in total. The number of hydrogen-bond acceptors (Lipinski definition) is 6. The summed E-state index contributed by atoms with van der Waals surface area (Å²) in [7, 11) is 3.34. The molecule has 0 saturated heterocycles. The molecule has 0 aliphatic heterocycles. The van der Waals surface area contributed by atoms with Gasteiger partial charge >= 0.3 is 5.97 Å². The van der Waals surface area contributed by atoms with E-state index in [2.05, 4.69) is 14.1 Å². The van der Waals surface area contributed by atoms with Gasteiger partial charge in [-0.25, -0.2) is 4.98 Å². The monoisotopic (exact) mass is 229 g/mol. The topological polar surface area (TPSA) is 55.3 Å². The first-order chi connectivity index (χ1) is 7.13. The predicted molar refractivity (Wildman–Crippen MR) is 59.2 cm³/mol. The van der Waals surface area contributed by atoms with Crippen LogP contribution in [0.4, 0.5) is 5.13 Å². The van der Waals surface area contributed by atoms with Crippen LogP contribution in [0.15, 0.2) is 0 Å². The van der Waals surface area contributed by atoms with Crippen LogP contribution >= 0.6 is 11.5 Å². The number of ether oxygens (including phenoxy) is 1. The Hall–Kier alpha value is -1.17. The van der Waals surface area contributed by atoms with Gasteiger partial charge in [0.15, 0.2) is 0 Å². The standard InChI is InChI=1S/C9H15N3O2S/c1-7-10-9(15-11-7)12(2)6-4-5-8(13)14-3/h4-6H2,1-3H3. The maximum absolute atomic E-state index is 10.9. The van der Waals surface area contributed by atoms with Gasteiger partial charge in [0.25, 0.3) is 0 Å². The van der Waals surface area contributed by atoms with Gasteiger partial charge in [0, 0.05) is 31.5 Å². The van der Waals surface area contributed by atoms with Crippen LogP contribution in [-0.4, -0.2) is 36.0 Å². The summed E-state index contributed by atoms with van der Waals surface area (Å²) in [4.78, 5) is 17.1. The summed E-state index contributed by atoms with van der Waals surface area (Å²) in [5.41, 5.74) is 0. The molecule has 0 unspecified atom stereocenters. The van der Waals surface area contributed by atoms with E-state index in [0.29, 0.717) is 6.42 Å². The molecule has 0 fully saturated rings. The van der Waals surface area contributed by atoms with Crippen LogP contribution in [0.3, 0.4) is 0 Å². The van der Waals surface area contributed by atoms with Crippen LogP contribution in [0, 0.1) is 6.92 Å². The van der Waals surface area contributed by atoms with Gasteiger partial charge in [-0.15, -0.1) is 0 Å². The molecule has 0 aromatic carbocycles. The normalized spacial score (nSPS) is 10.1. The molecule has 0 aliphatic rings. The number of aromatic nitrogens is 2. The number of aryl methyl sites for hydroxylation is 1. The van der Waals surface area contributed by atoms with E-state index in [1.165, 1.54) is 18.6 Å². The van der Waals surface area contributed by atoms with Crippen molar-refractivity contribution in [3.63, 3.8) is 0 Å². The Labute approximate surface area is 93.2 Å². The number of rotatable bonds is 5. The molecule has 1 rings (SSSR count). The fourth-order valence-corrected chi connectivity index (χ4v) is 1.76. The van der Waals surface area contributed by atoms with Crippen molar-refractivity contribution in [2.45, 2.75) is 19.8 Å². The fourth-order valence-electron chi connectivity index (χ4n) is 1.10. The summed E-state index contributed by atoms with van der Waals surface area (Å²) in [5, 5.41) is 0.886. The highest BCUT2D eigenvalue weighted by atomic mass is 32.1. The molecular formula is C9H15N3O2S. The van der Waals surface area contributed by atoms with Crippen molar-refractivity contribution < 1.29 is 9.53 Å². The van der Waals surface area contributed by atoms with Crippen molar-refractivity contribution in [2.75, 3.05) is 25.6 Å². The summed E-state index contributed by atoms with van der Waals surface area (Å²) in [6, 6.07) is 0. The third kappa shape index (κ3) is 3.83. The number of carbonyl (C=O) groups excluding carboxylic acids is 1. The maximum atomic E-state index is 10.9. The minimum atomic E-state index is -0.170. The quantitative estimate of drug-likeness (QED) is 0.711. The summed E-state index contributed by atoms with van der Waals surface area (Å²) >= 11 is 1.37. The zero-order valence-corrected chi connectivity index (χ0v) is 10.0.